The number of carbonyl (C=O) groups is 3. The average Bonchev–Trinajstić information content (AvgIpc) is 3.07. The number of likely N-dealkylation sites (tertiary alicyclic amines) is 1. The molecular weight excluding hydrogens is 607 g/mol. The highest BCUT2D eigenvalue weighted by Crippen LogP contribution is 2.29. The molecule has 0 unspecified atom stereocenters. The van der Waals surface area contributed by atoms with Crippen molar-refractivity contribution in [3.8, 4) is 17.2 Å². The Morgan fingerprint density at radius 2 is 1.81 bits per heavy atom. The number of para-hydroxylation sites is 1. The van der Waals surface area contributed by atoms with Gasteiger partial charge in [-0.1, -0.05) is 24.3 Å². The van der Waals surface area contributed by atoms with Crippen molar-refractivity contribution in [2.75, 3.05) is 26.8 Å². The van der Waals surface area contributed by atoms with Gasteiger partial charge in [-0.25, -0.2) is 4.39 Å². The van der Waals surface area contributed by atoms with E-state index in [9.17, 15) is 23.6 Å². The number of hydrogen-bond acceptors (Lipinski definition) is 7. The molecule has 3 amide bonds. The Morgan fingerprint density at radius 3 is 2.64 bits per heavy atom. The molecule has 2 atom stereocenters. The van der Waals surface area contributed by atoms with Crippen LogP contribution in [0.4, 0.5) is 4.39 Å². The zero-order valence-electron chi connectivity index (χ0n) is 26.1. The second-order valence-electron chi connectivity index (χ2n) is 11.7. The number of amides is 3. The number of hydrogen-bond donors (Lipinski definition) is 2. The third-order valence-corrected chi connectivity index (χ3v) is 8.48. The molecule has 12 heteroatoms. The van der Waals surface area contributed by atoms with Crippen molar-refractivity contribution < 1.29 is 33.0 Å². The highest BCUT2D eigenvalue weighted by atomic mass is 19.1. The van der Waals surface area contributed by atoms with Crippen molar-refractivity contribution in [1.29, 1.82) is 0 Å². The summed E-state index contributed by atoms with van der Waals surface area (Å²) in [7, 11) is 3.11. The summed E-state index contributed by atoms with van der Waals surface area (Å²) in [6.07, 6.45) is 0.228. The topological polar surface area (TPSA) is 128 Å². The van der Waals surface area contributed by atoms with Crippen LogP contribution in [-0.4, -0.2) is 66.1 Å². The lowest BCUT2D eigenvalue weighted by Crippen LogP contribution is -2.59. The van der Waals surface area contributed by atoms with E-state index in [2.05, 4.69) is 10.6 Å². The number of aryl methyl sites for hydroxylation is 2. The number of piperidine rings is 1. The van der Waals surface area contributed by atoms with Crippen molar-refractivity contribution in [2.45, 2.75) is 38.0 Å². The van der Waals surface area contributed by atoms with Crippen LogP contribution in [0.1, 0.15) is 34.3 Å². The molecule has 1 aromatic heterocycles. The van der Waals surface area contributed by atoms with Gasteiger partial charge in [0.25, 0.3) is 17.4 Å². The summed E-state index contributed by atoms with van der Waals surface area (Å²) in [4.78, 5) is 54.4. The van der Waals surface area contributed by atoms with Crippen molar-refractivity contribution in [3.05, 3.63) is 99.6 Å². The maximum atomic E-state index is 14.7. The van der Waals surface area contributed by atoms with Crippen LogP contribution in [-0.2, 0) is 29.6 Å². The van der Waals surface area contributed by atoms with E-state index in [-0.39, 0.29) is 56.3 Å². The zero-order chi connectivity index (χ0) is 33.1. The van der Waals surface area contributed by atoms with E-state index in [1.165, 1.54) is 28.7 Å². The van der Waals surface area contributed by atoms with Crippen LogP contribution in [0.3, 0.4) is 0 Å². The van der Waals surface area contributed by atoms with E-state index >= 15 is 0 Å². The third-order valence-electron chi connectivity index (χ3n) is 8.48. The molecule has 11 nitrogen and oxygen atoms in total. The molecule has 244 valence electrons. The van der Waals surface area contributed by atoms with Gasteiger partial charge >= 0.3 is 0 Å². The molecular formula is C35H35FN4O7. The average molecular weight is 643 g/mol. The first-order valence-corrected chi connectivity index (χ1v) is 15.4. The molecule has 2 aliphatic rings. The summed E-state index contributed by atoms with van der Waals surface area (Å²) in [6, 6.07) is 17.6. The van der Waals surface area contributed by atoms with Gasteiger partial charge in [-0.15, -0.1) is 0 Å². The maximum absolute atomic E-state index is 14.7. The van der Waals surface area contributed by atoms with E-state index in [1.807, 2.05) is 30.3 Å². The van der Waals surface area contributed by atoms with Gasteiger partial charge in [-0.2, -0.15) is 0 Å². The van der Waals surface area contributed by atoms with Gasteiger partial charge in [0.2, 0.25) is 5.91 Å². The molecule has 0 spiro atoms. The van der Waals surface area contributed by atoms with Crippen molar-refractivity contribution in [1.82, 2.24) is 20.1 Å². The lowest BCUT2D eigenvalue weighted by atomic mass is 10.00. The first kappa shape index (κ1) is 31.6. The highest BCUT2D eigenvalue weighted by Gasteiger charge is 2.35. The van der Waals surface area contributed by atoms with Gasteiger partial charge < -0.3 is 34.3 Å². The van der Waals surface area contributed by atoms with Crippen molar-refractivity contribution >= 4 is 28.6 Å². The SMILES string of the molecule is COc1ccc2cc1OCC(=O)N[C@@H]1CN(C(=O)c3cc4ccccc4n(C)c3=O)CC[C@H]1Oc1cc(F)cc(c1)CNC(=O)CC2. The van der Waals surface area contributed by atoms with E-state index < -0.39 is 35.3 Å². The molecule has 47 heavy (non-hydrogen) atoms. The third kappa shape index (κ3) is 7.06. The molecule has 6 rings (SSSR count). The Morgan fingerprint density at radius 1 is 0.979 bits per heavy atom. The summed E-state index contributed by atoms with van der Waals surface area (Å²) in [6.45, 7) is -0.0165. The van der Waals surface area contributed by atoms with Gasteiger partial charge in [0, 0.05) is 45.6 Å². The number of aromatic nitrogens is 1. The lowest BCUT2D eigenvalue weighted by Gasteiger charge is -2.39. The molecule has 0 aliphatic carbocycles. The largest absolute Gasteiger partial charge is 0.493 e. The molecule has 3 heterocycles. The van der Waals surface area contributed by atoms with Crippen LogP contribution in [0, 0.1) is 5.82 Å². The lowest BCUT2D eigenvalue weighted by molar-refractivity contribution is -0.125. The van der Waals surface area contributed by atoms with E-state index in [1.54, 1.807) is 31.3 Å². The Balaban J connectivity index is 1.29. The van der Waals surface area contributed by atoms with Crippen LogP contribution in [0.25, 0.3) is 10.9 Å². The molecule has 1 fully saturated rings. The van der Waals surface area contributed by atoms with Crippen LogP contribution in [0.2, 0.25) is 0 Å². The van der Waals surface area contributed by atoms with Gasteiger partial charge in [0.1, 0.15) is 23.2 Å². The van der Waals surface area contributed by atoms with Gasteiger partial charge in [-0.05, 0) is 59.3 Å². The molecule has 2 N–H and O–H groups in total. The standard InChI is InChI=1S/C35H35FN4O7/c1-39-28-6-4-3-5-23(28)16-26(34(39)43)35(44)40-12-11-29-27(19-40)38-33(42)20-46-31-15-21(7-9-30(31)45-2)8-10-32(41)37-18-22-13-24(36)17-25(14-22)47-29/h3-7,9,13-17,27,29H,8,10-12,18-20H2,1-2H3,(H,37,41)(H,38,42)/t27-,29-/m1/s1. The molecule has 1 saturated heterocycles. The number of ether oxygens (including phenoxy) is 3. The first-order valence-electron chi connectivity index (χ1n) is 15.4. The monoisotopic (exact) mass is 642 g/mol. The number of methoxy groups -OCH3 is 1. The number of halogens is 1. The minimum atomic E-state index is -0.730. The van der Waals surface area contributed by atoms with E-state index in [0.29, 0.717) is 29.0 Å². The van der Waals surface area contributed by atoms with Crippen LogP contribution in [0.5, 0.6) is 17.2 Å². The maximum Gasteiger partial charge on any atom is 0.263 e. The Kier molecular flexibility index (Phi) is 9.10. The minimum Gasteiger partial charge on any atom is -0.493 e. The van der Waals surface area contributed by atoms with Crippen LogP contribution >= 0.6 is 0 Å². The van der Waals surface area contributed by atoms with Gasteiger partial charge in [0.05, 0.1) is 18.7 Å². The van der Waals surface area contributed by atoms with Crippen molar-refractivity contribution in [3.63, 3.8) is 0 Å². The number of carbonyl (C=O) groups excluding carboxylic acids is 3. The van der Waals surface area contributed by atoms with Crippen molar-refractivity contribution in [2.24, 2.45) is 7.05 Å². The van der Waals surface area contributed by atoms with E-state index in [0.717, 1.165) is 10.9 Å². The zero-order valence-corrected chi connectivity index (χ0v) is 26.1. The molecule has 2 aliphatic heterocycles. The second kappa shape index (κ2) is 13.5. The Hall–Kier alpha value is -5.39. The number of fused-ring (bicyclic) bond motifs is 6. The fraction of sp³-hybridized carbons (Fsp3) is 0.314. The summed E-state index contributed by atoms with van der Waals surface area (Å²) in [5, 5.41) is 6.50. The van der Waals surface area contributed by atoms with Crippen LogP contribution < -0.4 is 30.4 Å². The van der Waals surface area contributed by atoms with Crippen LogP contribution in [0.15, 0.2) is 71.5 Å². The summed E-state index contributed by atoms with van der Waals surface area (Å²) < 4.78 is 33.6. The van der Waals surface area contributed by atoms with Gasteiger partial charge in [-0.3, -0.25) is 19.2 Å². The summed E-state index contributed by atoms with van der Waals surface area (Å²) in [5.41, 5.74) is 1.61. The fourth-order valence-electron chi connectivity index (χ4n) is 6.03. The number of rotatable bonds is 2. The number of pyridine rings is 1. The van der Waals surface area contributed by atoms with E-state index in [4.69, 9.17) is 14.2 Å². The smallest absolute Gasteiger partial charge is 0.263 e. The normalized spacial score (nSPS) is 18.8. The fourth-order valence-corrected chi connectivity index (χ4v) is 6.03. The predicted octanol–water partition coefficient (Wildman–Crippen LogP) is 3.11. The minimum absolute atomic E-state index is 0.0178. The number of benzene rings is 3. The molecule has 0 saturated carbocycles. The number of nitrogens with zero attached hydrogens (tertiary/aromatic N) is 2. The number of nitrogens with one attached hydrogen (secondary N) is 2. The molecule has 4 aromatic rings. The Labute approximate surface area is 270 Å². The molecule has 4 bridgehead atoms. The molecule has 0 radical (unpaired) electrons. The molecule has 3 aromatic carbocycles. The first-order chi connectivity index (χ1) is 22.7. The summed E-state index contributed by atoms with van der Waals surface area (Å²) in [5.74, 6) is -0.716. The quantitative estimate of drug-likeness (QED) is 0.344. The Bertz CT molecular complexity index is 1910. The van der Waals surface area contributed by atoms with Gasteiger partial charge in [0.15, 0.2) is 18.1 Å². The summed E-state index contributed by atoms with van der Waals surface area (Å²) >= 11 is 0. The predicted molar refractivity (Wildman–Crippen MR) is 171 cm³/mol. The second-order valence-corrected chi connectivity index (χ2v) is 11.7. The highest BCUT2D eigenvalue weighted by molar-refractivity contribution is 5.97.